The normalized spacial score (nSPS) is 12.9. The second-order valence-corrected chi connectivity index (χ2v) is 4.70. The van der Waals surface area contributed by atoms with Crippen LogP contribution in [0.15, 0.2) is 36.7 Å². The molecule has 0 radical (unpaired) electrons. The van der Waals surface area contributed by atoms with Gasteiger partial charge in [0, 0.05) is 30.9 Å². The number of aryl methyl sites for hydroxylation is 1. The molecule has 1 heterocycles. The van der Waals surface area contributed by atoms with Gasteiger partial charge in [-0.3, -0.25) is 9.48 Å². The summed E-state index contributed by atoms with van der Waals surface area (Å²) in [4.78, 5) is 11.7. The SMILES string of the molecule is O=C(CCn1cccn1)NC(c1cccc(F)c1F)C(F)(F)F. The lowest BCUT2D eigenvalue weighted by molar-refractivity contribution is -0.164. The highest BCUT2D eigenvalue weighted by Crippen LogP contribution is 2.34. The maximum absolute atomic E-state index is 13.6. The van der Waals surface area contributed by atoms with E-state index in [1.54, 1.807) is 17.6 Å². The monoisotopic (exact) mass is 333 g/mol. The lowest BCUT2D eigenvalue weighted by Crippen LogP contribution is -2.39. The van der Waals surface area contributed by atoms with Crippen LogP contribution in [0.5, 0.6) is 0 Å². The molecule has 0 aliphatic heterocycles. The lowest BCUT2D eigenvalue weighted by atomic mass is 10.1. The zero-order valence-electron chi connectivity index (χ0n) is 11.6. The Morgan fingerprint density at radius 3 is 2.61 bits per heavy atom. The molecule has 124 valence electrons. The smallest absolute Gasteiger partial charge is 0.341 e. The first-order valence-electron chi connectivity index (χ1n) is 6.56. The van der Waals surface area contributed by atoms with Gasteiger partial charge < -0.3 is 5.32 Å². The number of rotatable bonds is 5. The summed E-state index contributed by atoms with van der Waals surface area (Å²) >= 11 is 0. The van der Waals surface area contributed by atoms with E-state index in [0.717, 1.165) is 12.1 Å². The summed E-state index contributed by atoms with van der Waals surface area (Å²) in [6.45, 7) is 0.0645. The quantitative estimate of drug-likeness (QED) is 0.855. The van der Waals surface area contributed by atoms with Crippen molar-refractivity contribution in [1.29, 1.82) is 0 Å². The number of carbonyl (C=O) groups is 1. The summed E-state index contributed by atoms with van der Waals surface area (Å²) in [7, 11) is 0. The summed E-state index contributed by atoms with van der Waals surface area (Å²) in [6.07, 6.45) is -2.25. The van der Waals surface area contributed by atoms with Gasteiger partial charge in [0.25, 0.3) is 0 Å². The van der Waals surface area contributed by atoms with Crippen molar-refractivity contribution >= 4 is 5.91 Å². The van der Waals surface area contributed by atoms with Crippen LogP contribution in [-0.4, -0.2) is 21.9 Å². The van der Waals surface area contributed by atoms with Gasteiger partial charge in [-0.05, 0) is 12.1 Å². The van der Waals surface area contributed by atoms with E-state index < -0.39 is 35.3 Å². The highest BCUT2D eigenvalue weighted by molar-refractivity contribution is 5.76. The molecule has 1 aromatic carbocycles. The second kappa shape index (κ2) is 6.76. The van der Waals surface area contributed by atoms with E-state index in [2.05, 4.69) is 5.10 Å². The third kappa shape index (κ3) is 4.27. The summed E-state index contributed by atoms with van der Waals surface area (Å²) in [5.74, 6) is -4.00. The summed E-state index contributed by atoms with van der Waals surface area (Å²) in [5.41, 5.74) is -0.968. The Hall–Kier alpha value is -2.45. The molecule has 0 saturated heterocycles. The summed E-state index contributed by atoms with van der Waals surface area (Å²) in [5, 5.41) is 5.50. The fourth-order valence-corrected chi connectivity index (χ4v) is 1.96. The molecular formula is C14H12F5N3O. The molecule has 0 saturated carbocycles. The van der Waals surface area contributed by atoms with E-state index in [-0.39, 0.29) is 13.0 Å². The van der Waals surface area contributed by atoms with Crippen LogP contribution in [0.1, 0.15) is 18.0 Å². The molecule has 4 nitrogen and oxygen atoms in total. The van der Waals surface area contributed by atoms with Crippen LogP contribution in [0.2, 0.25) is 0 Å². The minimum absolute atomic E-state index is 0.0645. The van der Waals surface area contributed by atoms with Crippen molar-refractivity contribution in [3.05, 3.63) is 53.9 Å². The fraction of sp³-hybridized carbons (Fsp3) is 0.286. The van der Waals surface area contributed by atoms with Crippen molar-refractivity contribution in [3.63, 3.8) is 0 Å². The highest BCUT2D eigenvalue weighted by atomic mass is 19.4. The fourth-order valence-electron chi connectivity index (χ4n) is 1.96. The Bertz CT molecular complexity index is 670. The van der Waals surface area contributed by atoms with Crippen LogP contribution in [0.25, 0.3) is 0 Å². The number of carbonyl (C=O) groups excluding carboxylic acids is 1. The molecule has 1 amide bonds. The second-order valence-electron chi connectivity index (χ2n) is 4.70. The number of hydrogen-bond acceptors (Lipinski definition) is 2. The van der Waals surface area contributed by atoms with Crippen LogP contribution >= 0.6 is 0 Å². The van der Waals surface area contributed by atoms with Gasteiger partial charge in [-0.2, -0.15) is 18.3 Å². The number of alkyl halides is 3. The van der Waals surface area contributed by atoms with E-state index in [0.29, 0.717) is 6.07 Å². The molecule has 23 heavy (non-hydrogen) atoms. The average molecular weight is 333 g/mol. The van der Waals surface area contributed by atoms with E-state index in [1.807, 2.05) is 0 Å². The van der Waals surface area contributed by atoms with E-state index in [1.165, 1.54) is 10.9 Å². The summed E-state index contributed by atoms with van der Waals surface area (Å²) < 4.78 is 67.3. The van der Waals surface area contributed by atoms with Gasteiger partial charge in [0.05, 0.1) is 0 Å². The number of benzene rings is 1. The molecule has 2 aromatic rings. The number of nitrogens with one attached hydrogen (secondary N) is 1. The molecule has 1 aromatic heterocycles. The van der Waals surface area contributed by atoms with Crippen molar-refractivity contribution < 1.29 is 26.7 Å². The first kappa shape index (κ1) is 16.9. The van der Waals surface area contributed by atoms with Crippen LogP contribution < -0.4 is 5.32 Å². The molecule has 0 bridgehead atoms. The molecule has 1 atom stereocenters. The first-order valence-corrected chi connectivity index (χ1v) is 6.56. The van der Waals surface area contributed by atoms with Gasteiger partial charge >= 0.3 is 6.18 Å². The van der Waals surface area contributed by atoms with Crippen molar-refractivity contribution in [2.75, 3.05) is 0 Å². The molecule has 9 heteroatoms. The Kier molecular flexibility index (Phi) is 4.97. The molecule has 1 unspecified atom stereocenters. The third-order valence-electron chi connectivity index (χ3n) is 3.05. The van der Waals surface area contributed by atoms with E-state index in [9.17, 15) is 26.7 Å². The zero-order valence-corrected chi connectivity index (χ0v) is 11.6. The zero-order chi connectivity index (χ0) is 17.0. The Morgan fingerprint density at radius 1 is 1.26 bits per heavy atom. The Morgan fingerprint density at radius 2 is 2.00 bits per heavy atom. The maximum atomic E-state index is 13.6. The molecule has 0 aliphatic carbocycles. The van der Waals surface area contributed by atoms with Gasteiger partial charge in [0.1, 0.15) is 0 Å². The standard InChI is InChI=1S/C14H12F5N3O/c15-10-4-1-3-9(12(10)16)13(14(17,18)19)21-11(23)5-8-22-7-2-6-20-22/h1-4,6-7,13H,5,8H2,(H,21,23). The average Bonchev–Trinajstić information content (AvgIpc) is 2.98. The topological polar surface area (TPSA) is 46.9 Å². The number of aromatic nitrogens is 2. The molecule has 0 spiro atoms. The van der Waals surface area contributed by atoms with Gasteiger partial charge in [0.15, 0.2) is 17.7 Å². The van der Waals surface area contributed by atoms with Gasteiger partial charge in [-0.1, -0.05) is 12.1 Å². The van der Waals surface area contributed by atoms with Crippen LogP contribution in [0.4, 0.5) is 22.0 Å². The number of hydrogen-bond donors (Lipinski definition) is 1. The number of nitrogens with zero attached hydrogens (tertiary/aromatic N) is 2. The van der Waals surface area contributed by atoms with Crippen LogP contribution in [0, 0.1) is 11.6 Å². The van der Waals surface area contributed by atoms with Crippen molar-refractivity contribution in [2.24, 2.45) is 0 Å². The molecule has 0 aliphatic rings. The van der Waals surface area contributed by atoms with Gasteiger partial charge in [-0.15, -0.1) is 0 Å². The molecule has 0 fully saturated rings. The molecule has 1 N–H and O–H groups in total. The Balaban J connectivity index is 2.13. The third-order valence-corrected chi connectivity index (χ3v) is 3.05. The minimum atomic E-state index is -4.96. The number of amides is 1. The van der Waals surface area contributed by atoms with Crippen LogP contribution in [-0.2, 0) is 11.3 Å². The van der Waals surface area contributed by atoms with E-state index in [4.69, 9.17) is 0 Å². The predicted octanol–water partition coefficient (Wildman–Crippen LogP) is 2.97. The minimum Gasteiger partial charge on any atom is -0.341 e. The van der Waals surface area contributed by atoms with Gasteiger partial charge in [-0.25, -0.2) is 8.78 Å². The molecular weight excluding hydrogens is 321 g/mol. The van der Waals surface area contributed by atoms with Crippen LogP contribution in [0.3, 0.4) is 0 Å². The molecule has 2 rings (SSSR count). The number of halogens is 5. The lowest BCUT2D eigenvalue weighted by Gasteiger charge is -2.22. The van der Waals surface area contributed by atoms with Crippen molar-refractivity contribution in [2.45, 2.75) is 25.2 Å². The predicted molar refractivity (Wildman–Crippen MR) is 70.1 cm³/mol. The Labute approximate surface area is 127 Å². The van der Waals surface area contributed by atoms with Gasteiger partial charge in [0.2, 0.25) is 5.91 Å². The summed E-state index contributed by atoms with van der Waals surface area (Å²) in [6, 6.07) is 1.40. The van der Waals surface area contributed by atoms with Crippen molar-refractivity contribution in [3.8, 4) is 0 Å². The largest absolute Gasteiger partial charge is 0.412 e. The first-order chi connectivity index (χ1) is 10.8. The highest BCUT2D eigenvalue weighted by Gasteiger charge is 2.43. The van der Waals surface area contributed by atoms with E-state index >= 15 is 0 Å². The maximum Gasteiger partial charge on any atom is 0.412 e. The van der Waals surface area contributed by atoms with Crippen molar-refractivity contribution in [1.82, 2.24) is 15.1 Å².